The van der Waals surface area contributed by atoms with E-state index in [1.807, 2.05) is 28.8 Å². The SMILES string of the molecule is CCOC(=O)[C@H]1C(=O)N(CCOC)c2nc3ccccc3n2[C@@H]1c1ccc([N+](=O)[O-])cc1. The lowest BCUT2D eigenvalue weighted by molar-refractivity contribution is -0.384. The number of benzene rings is 2. The van der Waals surface area contributed by atoms with Gasteiger partial charge in [-0.25, -0.2) is 4.98 Å². The number of carbonyl (C=O) groups is 2. The van der Waals surface area contributed by atoms with E-state index in [1.54, 1.807) is 19.1 Å². The molecule has 0 aliphatic carbocycles. The van der Waals surface area contributed by atoms with Crippen LogP contribution in [0.3, 0.4) is 0 Å². The Morgan fingerprint density at radius 2 is 1.91 bits per heavy atom. The third-order valence-corrected chi connectivity index (χ3v) is 5.45. The number of nitro groups is 1. The van der Waals surface area contributed by atoms with Crippen LogP contribution in [0.2, 0.25) is 0 Å². The van der Waals surface area contributed by atoms with Crippen molar-refractivity contribution in [1.82, 2.24) is 9.55 Å². The normalized spacial score (nSPS) is 17.9. The van der Waals surface area contributed by atoms with Crippen LogP contribution in [0, 0.1) is 16.0 Å². The molecular formula is C22H22N4O6. The number of anilines is 1. The average molecular weight is 438 g/mol. The van der Waals surface area contributed by atoms with Crippen LogP contribution in [0.1, 0.15) is 18.5 Å². The Labute approximate surface area is 183 Å². The molecule has 10 nitrogen and oxygen atoms in total. The average Bonchev–Trinajstić information content (AvgIpc) is 3.17. The van der Waals surface area contributed by atoms with Gasteiger partial charge in [0.25, 0.3) is 5.69 Å². The fourth-order valence-corrected chi connectivity index (χ4v) is 4.04. The second kappa shape index (κ2) is 8.75. The molecular weight excluding hydrogens is 416 g/mol. The minimum Gasteiger partial charge on any atom is -0.465 e. The lowest BCUT2D eigenvalue weighted by Gasteiger charge is -2.37. The van der Waals surface area contributed by atoms with Crippen LogP contribution in [0.25, 0.3) is 11.0 Å². The van der Waals surface area contributed by atoms with Gasteiger partial charge in [-0.3, -0.25) is 24.6 Å². The first-order valence-corrected chi connectivity index (χ1v) is 10.2. The minimum absolute atomic E-state index is 0.0824. The van der Waals surface area contributed by atoms with Gasteiger partial charge in [-0.1, -0.05) is 24.3 Å². The van der Waals surface area contributed by atoms with Crippen molar-refractivity contribution in [3.05, 3.63) is 64.2 Å². The quantitative estimate of drug-likeness (QED) is 0.241. The van der Waals surface area contributed by atoms with E-state index in [4.69, 9.17) is 9.47 Å². The number of imidazole rings is 1. The highest BCUT2D eigenvalue weighted by molar-refractivity contribution is 6.08. The number of aromatic nitrogens is 2. The minimum atomic E-state index is -1.18. The van der Waals surface area contributed by atoms with Crippen LogP contribution in [0.5, 0.6) is 0 Å². The van der Waals surface area contributed by atoms with Crippen LogP contribution in [-0.4, -0.2) is 53.2 Å². The molecule has 1 aliphatic rings. The molecule has 2 heterocycles. The Hall–Kier alpha value is -3.79. The number of amides is 1. The maximum Gasteiger partial charge on any atom is 0.321 e. The topological polar surface area (TPSA) is 117 Å². The fourth-order valence-electron chi connectivity index (χ4n) is 4.04. The molecule has 1 amide bonds. The van der Waals surface area contributed by atoms with Crippen molar-refractivity contribution in [1.29, 1.82) is 0 Å². The summed E-state index contributed by atoms with van der Waals surface area (Å²) in [6, 6.07) is 12.4. The van der Waals surface area contributed by atoms with Crippen LogP contribution < -0.4 is 4.90 Å². The predicted molar refractivity (Wildman–Crippen MR) is 115 cm³/mol. The molecule has 10 heteroatoms. The number of non-ortho nitro benzene ring substituents is 1. The number of nitrogens with zero attached hydrogens (tertiary/aromatic N) is 4. The summed E-state index contributed by atoms with van der Waals surface area (Å²) in [5.74, 6) is -1.91. The van der Waals surface area contributed by atoms with E-state index in [0.29, 0.717) is 17.0 Å². The highest BCUT2D eigenvalue weighted by Gasteiger charge is 2.47. The van der Waals surface area contributed by atoms with E-state index < -0.39 is 28.8 Å². The van der Waals surface area contributed by atoms with Gasteiger partial charge in [0.2, 0.25) is 11.9 Å². The summed E-state index contributed by atoms with van der Waals surface area (Å²) in [4.78, 5) is 43.3. The van der Waals surface area contributed by atoms with Gasteiger partial charge in [0.1, 0.15) is 0 Å². The number of ether oxygens (including phenoxy) is 2. The summed E-state index contributed by atoms with van der Waals surface area (Å²) in [6.07, 6.45) is 0. The third-order valence-electron chi connectivity index (χ3n) is 5.45. The van der Waals surface area contributed by atoms with Crippen molar-refractivity contribution in [2.45, 2.75) is 13.0 Å². The molecule has 0 N–H and O–H groups in total. The summed E-state index contributed by atoms with van der Waals surface area (Å²) >= 11 is 0. The molecule has 2 atom stereocenters. The molecule has 1 aromatic heterocycles. The fraction of sp³-hybridized carbons (Fsp3) is 0.318. The van der Waals surface area contributed by atoms with Crippen molar-refractivity contribution in [2.24, 2.45) is 5.92 Å². The first-order valence-electron chi connectivity index (χ1n) is 10.2. The van der Waals surface area contributed by atoms with Crippen molar-refractivity contribution in [3.8, 4) is 0 Å². The zero-order valence-corrected chi connectivity index (χ0v) is 17.6. The summed E-state index contributed by atoms with van der Waals surface area (Å²) in [5, 5.41) is 11.1. The number of hydrogen-bond acceptors (Lipinski definition) is 7. The summed E-state index contributed by atoms with van der Waals surface area (Å²) < 4.78 is 12.3. The van der Waals surface area contributed by atoms with Gasteiger partial charge in [0.15, 0.2) is 5.92 Å². The maximum atomic E-state index is 13.6. The number of carbonyl (C=O) groups excluding carboxylic acids is 2. The van der Waals surface area contributed by atoms with Gasteiger partial charge >= 0.3 is 5.97 Å². The standard InChI is InChI=1S/C22H22N4O6/c1-3-32-21(28)18-19(14-8-10-15(11-9-14)26(29)30)25-17-7-5-4-6-16(17)23-22(25)24(20(18)27)12-13-31-2/h4-11,18-19H,3,12-13H2,1-2H3/t18-,19-/m1/s1. The number of nitro benzene ring substituents is 1. The molecule has 0 radical (unpaired) electrons. The van der Waals surface area contributed by atoms with Crippen LogP contribution in [0.4, 0.5) is 11.6 Å². The highest BCUT2D eigenvalue weighted by Crippen LogP contribution is 2.41. The smallest absolute Gasteiger partial charge is 0.321 e. The van der Waals surface area contributed by atoms with Crippen LogP contribution in [-0.2, 0) is 19.1 Å². The van der Waals surface area contributed by atoms with E-state index >= 15 is 0 Å². The number of rotatable bonds is 7. The molecule has 0 unspecified atom stereocenters. The summed E-state index contributed by atoms with van der Waals surface area (Å²) in [6.45, 7) is 2.26. The number of fused-ring (bicyclic) bond motifs is 3. The highest BCUT2D eigenvalue weighted by atomic mass is 16.6. The van der Waals surface area contributed by atoms with Gasteiger partial charge < -0.3 is 14.0 Å². The Balaban J connectivity index is 1.95. The monoisotopic (exact) mass is 438 g/mol. The first kappa shape index (κ1) is 21.4. The number of para-hydroxylation sites is 2. The van der Waals surface area contributed by atoms with E-state index in [0.717, 1.165) is 5.52 Å². The summed E-state index contributed by atoms with van der Waals surface area (Å²) in [7, 11) is 1.53. The van der Waals surface area contributed by atoms with Crippen molar-refractivity contribution >= 4 is 34.5 Å². The Bertz CT molecular complexity index is 1170. The molecule has 1 aliphatic heterocycles. The zero-order valence-electron chi connectivity index (χ0n) is 17.6. The molecule has 3 aromatic rings. The third kappa shape index (κ3) is 3.58. The molecule has 0 saturated heterocycles. The second-order valence-electron chi connectivity index (χ2n) is 7.28. The zero-order chi connectivity index (χ0) is 22.8. The Kier molecular flexibility index (Phi) is 5.87. The molecule has 32 heavy (non-hydrogen) atoms. The summed E-state index contributed by atoms with van der Waals surface area (Å²) in [5.41, 5.74) is 1.88. The molecule has 0 saturated carbocycles. The number of methoxy groups -OCH3 is 1. The van der Waals surface area contributed by atoms with Crippen molar-refractivity contribution in [2.75, 3.05) is 31.8 Å². The van der Waals surface area contributed by atoms with Gasteiger partial charge in [-0.2, -0.15) is 0 Å². The Morgan fingerprint density at radius 3 is 2.56 bits per heavy atom. The van der Waals surface area contributed by atoms with Gasteiger partial charge in [0.05, 0.1) is 41.8 Å². The van der Waals surface area contributed by atoms with E-state index in [1.165, 1.54) is 24.1 Å². The lowest BCUT2D eigenvalue weighted by atomic mass is 9.89. The number of esters is 1. The van der Waals surface area contributed by atoms with Crippen molar-refractivity contribution in [3.63, 3.8) is 0 Å². The van der Waals surface area contributed by atoms with Crippen LogP contribution >= 0.6 is 0 Å². The van der Waals surface area contributed by atoms with Gasteiger partial charge in [-0.15, -0.1) is 0 Å². The molecule has 0 bridgehead atoms. The van der Waals surface area contributed by atoms with E-state index in [9.17, 15) is 19.7 Å². The predicted octanol–water partition coefficient (Wildman–Crippen LogP) is 2.71. The van der Waals surface area contributed by atoms with E-state index in [-0.39, 0.29) is 25.4 Å². The maximum absolute atomic E-state index is 13.6. The van der Waals surface area contributed by atoms with Crippen LogP contribution in [0.15, 0.2) is 48.5 Å². The molecule has 166 valence electrons. The largest absolute Gasteiger partial charge is 0.465 e. The second-order valence-corrected chi connectivity index (χ2v) is 7.28. The molecule has 2 aromatic carbocycles. The number of hydrogen-bond donors (Lipinski definition) is 0. The van der Waals surface area contributed by atoms with Gasteiger partial charge in [0, 0.05) is 19.2 Å². The lowest BCUT2D eigenvalue weighted by Crippen LogP contribution is -2.51. The Morgan fingerprint density at radius 1 is 1.19 bits per heavy atom. The van der Waals surface area contributed by atoms with Gasteiger partial charge in [-0.05, 0) is 24.6 Å². The molecule has 0 fully saturated rings. The molecule has 0 spiro atoms. The molecule has 4 rings (SSSR count). The first-order chi connectivity index (χ1) is 15.5. The van der Waals surface area contributed by atoms with E-state index in [2.05, 4.69) is 4.98 Å². The van der Waals surface area contributed by atoms with Crippen molar-refractivity contribution < 1.29 is 24.0 Å².